The smallest absolute Gasteiger partial charge is 0.318 e. The molecule has 2 aromatic heterocycles. The highest BCUT2D eigenvalue weighted by molar-refractivity contribution is 6.02. The Balaban J connectivity index is 0.000000429. The second kappa shape index (κ2) is 10.8. The van der Waals surface area contributed by atoms with Crippen LogP contribution in [0.2, 0.25) is 0 Å². The zero-order chi connectivity index (χ0) is 27.8. The number of hydrogen-bond acceptors (Lipinski definition) is 9. The molecule has 40 heavy (non-hydrogen) atoms. The third-order valence-electron chi connectivity index (χ3n) is 7.86. The van der Waals surface area contributed by atoms with E-state index in [4.69, 9.17) is 17.0 Å². The van der Waals surface area contributed by atoms with Gasteiger partial charge in [-0.3, -0.25) is 10.8 Å². The largest absolute Gasteiger partial charge is 0.508 e. The van der Waals surface area contributed by atoms with Gasteiger partial charge in [0.25, 0.3) is 0 Å². The van der Waals surface area contributed by atoms with Gasteiger partial charge in [0.05, 0.1) is 12.5 Å². The first-order valence-corrected chi connectivity index (χ1v) is 13.6. The highest BCUT2D eigenvalue weighted by Crippen LogP contribution is 2.38. The highest BCUT2D eigenvalue weighted by atomic mass is 19.1. The van der Waals surface area contributed by atoms with E-state index in [1.165, 1.54) is 26.0 Å². The number of aromatic hydroxyl groups is 1. The lowest BCUT2D eigenvalue weighted by Crippen LogP contribution is -2.51. The van der Waals surface area contributed by atoms with Gasteiger partial charge in [-0.15, -0.1) is 6.42 Å². The fourth-order valence-electron chi connectivity index (χ4n) is 5.97. The zero-order valence-electron chi connectivity index (χ0n) is 22.4. The highest BCUT2D eigenvalue weighted by Gasteiger charge is 2.34. The normalized spacial score (nSPS) is 20.4. The molecule has 0 saturated carbocycles. The van der Waals surface area contributed by atoms with Gasteiger partial charge in [-0.2, -0.15) is 9.97 Å². The van der Waals surface area contributed by atoms with E-state index in [-0.39, 0.29) is 23.0 Å². The maximum Gasteiger partial charge on any atom is 0.318 e. The number of fused-ring (bicyclic) bond motifs is 4. The van der Waals surface area contributed by atoms with Crippen molar-refractivity contribution in [1.29, 1.82) is 0 Å². The molecule has 0 amide bonds. The quantitative estimate of drug-likeness (QED) is 0.265. The number of phenolic OH excluding ortho intramolecular Hbond substituents is 1. The number of rotatable bonds is 3. The molecule has 0 aliphatic carbocycles. The summed E-state index contributed by atoms with van der Waals surface area (Å²) in [6, 6.07) is 9.34. The number of halogens is 1. The first-order valence-electron chi connectivity index (χ1n) is 13.6. The van der Waals surface area contributed by atoms with E-state index in [9.17, 15) is 5.11 Å². The number of piperazine rings is 1. The Morgan fingerprint density at radius 3 is 2.55 bits per heavy atom. The number of methoxy groups -OCH3 is 1. The summed E-state index contributed by atoms with van der Waals surface area (Å²) in [6.45, 7) is 3.75. The van der Waals surface area contributed by atoms with E-state index in [2.05, 4.69) is 31.1 Å². The molecule has 3 fully saturated rings. The molecule has 3 aliphatic heterocycles. The van der Waals surface area contributed by atoms with Gasteiger partial charge in [-0.1, -0.05) is 18.1 Å². The molecule has 0 radical (unpaired) electrons. The maximum atomic E-state index is 16.1. The first kappa shape index (κ1) is 26.2. The van der Waals surface area contributed by atoms with E-state index >= 15 is 4.39 Å². The molecule has 0 spiro atoms. The van der Waals surface area contributed by atoms with Gasteiger partial charge in [0, 0.05) is 61.0 Å². The topological polar surface area (TPSA) is 113 Å². The summed E-state index contributed by atoms with van der Waals surface area (Å²) < 4.78 is 21.4. The third-order valence-corrected chi connectivity index (χ3v) is 7.86. The molecule has 10 heteroatoms. The van der Waals surface area contributed by atoms with E-state index in [1.54, 1.807) is 24.4 Å². The van der Waals surface area contributed by atoms with Gasteiger partial charge in [0.15, 0.2) is 5.82 Å². The Bertz CT molecular complexity index is 1600. The van der Waals surface area contributed by atoms with Crippen molar-refractivity contribution in [3.8, 4) is 35.4 Å². The molecular weight excluding hydrogens is 509 g/mol. The Kier molecular flexibility index (Phi) is 7.11. The summed E-state index contributed by atoms with van der Waals surface area (Å²) in [5.41, 5.74) is 1.17. The Morgan fingerprint density at radius 1 is 1.15 bits per heavy atom. The number of phenols is 1. The number of nitrogens with one attached hydrogen (secondary N) is 1. The van der Waals surface area contributed by atoms with Crippen LogP contribution in [0.5, 0.6) is 11.8 Å². The number of aromatic nitrogens is 3. The zero-order valence-corrected chi connectivity index (χ0v) is 22.4. The minimum Gasteiger partial charge on any atom is -0.508 e. The van der Waals surface area contributed by atoms with Gasteiger partial charge in [-0.05, 0) is 49.3 Å². The van der Waals surface area contributed by atoms with Gasteiger partial charge in [-0.25, -0.2) is 9.40 Å². The van der Waals surface area contributed by atoms with Crippen LogP contribution in [0.25, 0.3) is 32.9 Å². The van der Waals surface area contributed by atoms with Crippen molar-refractivity contribution >= 4 is 27.5 Å². The lowest BCUT2D eigenvalue weighted by Gasteiger charge is -2.34. The molecule has 7 rings (SSSR count). The Labute approximate surface area is 232 Å². The van der Waals surface area contributed by atoms with Crippen LogP contribution in [0, 0.1) is 18.2 Å². The molecule has 2 aromatic carbocycles. The number of terminal acetylenes is 1. The molecule has 3 aliphatic rings. The summed E-state index contributed by atoms with van der Waals surface area (Å²) in [6.07, 6.45) is 12.1. The molecule has 206 valence electrons. The average Bonchev–Trinajstić information content (AvgIpc) is 3.59. The molecular formula is C30H32FN7O2. The monoisotopic (exact) mass is 541 g/mol. The number of ether oxygens (including phenoxy) is 1. The van der Waals surface area contributed by atoms with E-state index < -0.39 is 5.82 Å². The van der Waals surface area contributed by atoms with Crippen LogP contribution in [0.15, 0.2) is 36.5 Å². The van der Waals surface area contributed by atoms with Crippen LogP contribution < -0.4 is 20.8 Å². The van der Waals surface area contributed by atoms with Gasteiger partial charge in [0.2, 0.25) is 0 Å². The number of pyridine rings is 1. The van der Waals surface area contributed by atoms with Crippen molar-refractivity contribution in [3.63, 3.8) is 0 Å². The van der Waals surface area contributed by atoms with Crippen LogP contribution in [0.4, 0.5) is 10.2 Å². The van der Waals surface area contributed by atoms with Crippen molar-refractivity contribution in [2.75, 3.05) is 38.2 Å². The minimum atomic E-state index is -0.615. The van der Waals surface area contributed by atoms with Crippen molar-refractivity contribution in [2.24, 2.45) is 5.84 Å². The van der Waals surface area contributed by atoms with Crippen molar-refractivity contribution in [2.45, 2.75) is 37.8 Å². The molecule has 4 N–H and O–H groups in total. The molecule has 2 bridgehead atoms. The van der Waals surface area contributed by atoms with Crippen molar-refractivity contribution in [3.05, 3.63) is 47.9 Å². The molecule has 9 nitrogen and oxygen atoms in total. The number of hydrazine groups is 1. The second-order valence-corrected chi connectivity index (χ2v) is 10.5. The van der Waals surface area contributed by atoms with Gasteiger partial charge >= 0.3 is 6.01 Å². The number of hydrogen-bond donors (Lipinski definition) is 3. The van der Waals surface area contributed by atoms with Gasteiger partial charge in [0.1, 0.15) is 22.8 Å². The number of nitrogens with zero attached hydrogens (tertiary/aromatic N) is 5. The lowest BCUT2D eigenvalue weighted by molar-refractivity contribution is 0.355. The summed E-state index contributed by atoms with van der Waals surface area (Å²) in [5.74, 6) is 8.01. The minimum absolute atomic E-state index is 0.00443. The van der Waals surface area contributed by atoms with Crippen LogP contribution >= 0.6 is 0 Å². The molecule has 3 saturated heterocycles. The lowest BCUT2D eigenvalue weighted by atomic mass is 9.96. The first-order chi connectivity index (χ1) is 19.4. The predicted molar refractivity (Wildman–Crippen MR) is 154 cm³/mol. The van der Waals surface area contributed by atoms with Crippen molar-refractivity contribution in [1.82, 2.24) is 25.3 Å². The molecule has 2 unspecified atom stereocenters. The molecule has 4 aromatic rings. The van der Waals surface area contributed by atoms with Crippen LogP contribution in [-0.4, -0.2) is 70.4 Å². The standard InChI is InChI=1S/C26H22FN5O2.C4H10N2/c1-3-14-5-4-6-15-9-18(33)10-19(21(14)15)23-22(27)24-20(11-28-23)25(31-26(30-24)34-2)32-12-16-7-8-17(13-32)29-16;5-6-3-1-2-4-6/h1,4-6,9-11,16-17,29,33H,7-8,12-13H2,2H3;1-5H2. The SMILES string of the molecule is C#Cc1cccc2cc(O)cc(-c3ncc4c(N5CC6CCC(C5)N6)nc(OC)nc4c3F)c12.NN1CCCC1. The van der Waals surface area contributed by atoms with E-state index in [0.717, 1.165) is 39.0 Å². The van der Waals surface area contributed by atoms with Crippen LogP contribution in [0.3, 0.4) is 0 Å². The predicted octanol–water partition coefficient (Wildman–Crippen LogP) is 3.58. The third kappa shape index (κ3) is 4.88. The summed E-state index contributed by atoms with van der Waals surface area (Å²) >= 11 is 0. The number of anilines is 1. The van der Waals surface area contributed by atoms with Gasteiger partial charge < -0.3 is 20.1 Å². The Hall–Kier alpha value is -4.04. The van der Waals surface area contributed by atoms with Crippen LogP contribution in [0.1, 0.15) is 31.2 Å². The van der Waals surface area contributed by atoms with E-state index in [0.29, 0.717) is 45.2 Å². The number of nitrogens with two attached hydrogens (primary N) is 1. The summed E-state index contributed by atoms with van der Waals surface area (Å²) in [4.78, 5) is 15.6. The van der Waals surface area contributed by atoms with Crippen molar-refractivity contribution < 1.29 is 14.2 Å². The average molecular weight is 542 g/mol. The fourth-order valence-corrected chi connectivity index (χ4v) is 5.97. The molecule has 5 heterocycles. The van der Waals surface area contributed by atoms with E-state index in [1.807, 2.05) is 11.1 Å². The Morgan fingerprint density at radius 2 is 1.90 bits per heavy atom. The summed E-state index contributed by atoms with van der Waals surface area (Å²) in [5, 5.41) is 17.7. The second-order valence-electron chi connectivity index (χ2n) is 10.5. The van der Waals surface area contributed by atoms with Crippen LogP contribution in [-0.2, 0) is 0 Å². The number of benzene rings is 2. The maximum absolute atomic E-state index is 16.1. The molecule has 2 atom stereocenters. The summed E-state index contributed by atoms with van der Waals surface area (Å²) in [7, 11) is 1.47. The fraction of sp³-hybridized carbons (Fsp3) is 0.367.